The molecule has 0 aromatic heterocycles. The Morgan fingerprint density at radius 3 is 2.87 bits per heavy atom. The first-order valence-electron chi connectivity index (χ1n) is 7.69. The Morgan fingerprint density at radius 1 is 1.43 bits per heavy atom. The summed E-state index contributed by atoms with van der Waals surface area (Å²) in [6, 6.07) is 5.34. The molecule has 1 aromatic rings. The van der Waals surface area contributed by atoms with Crippen molar-refractivity contribution in [3.63, 3.8) is 0 Å². The van der Waals surface area contributed by atoms with E-state index in [1.54, 1.807) is 32.4 Å². The molecule has 1 aliphatic heterocycles. The smallest absolute Gasteiger partial charge is 0.322 e. The average molecular weight is 316 g/mol. The minimum Gasteiger partial charge on any atom is -0.497 e. The molecule has 0 fully saturated rings. The van der Waals surface area contributed by atoms with Crippen molar-refractivity contribution in [2.24, 2.45) is 0 Å². The first kappa shape index (κ1) is 16.9. The first-order valence-corrected chi connectivity index (χ1v) is 7.69. The van der Waals surface area contributed by atoms with Crippen LogP contribution in [0.3, 0.4) is 0 Å². The highest BCUT2D eigenvalue weighted by molar-refractivity contribution is 5.91. The third-order valence-corrected chi connectivity index (χ3v) is 3.98. The fourth-order valence-corrected chi connectivity index (χ4v) is 2.81. The average Bonchev–Trinajstić information content (AvgIpc) is 2.55. The second-order valence-electron chi connectivity index (χ2n) is 5.49. The van der Waals surface area contributed by atoms with Gasteiger partial charge in [0.05, 0.1) is 19.9 Å². The lowest BCUT2D eigenvalue weighted by molar-refractivity contribution is 0.170. The van der Waals surface area contributed by atoms with Gasteiger partial charge in [-0.3, -0.25) is 0 Å². The fourth-order valence-electron chi connectivity index (χ4n) is 2.81. The van der Waals surface area contributed by atoms with E-state index in [-0.39, 0.29) is 18.1 Å². The van der Waals surface area contributed by atoms with Crippen LogP contribution in [0.4, 0.5) is 10.5 Å². The zero-order chi connectivity index (χ0) is 16.8. The lowest BCUT2D eigenvalue weighted by Crippen LogP contribution is -2.48. The molecule has 2 amide bonds. The third-order valence-electron chi connectivity index (χ3n) is 3.98. The predicted octanol–water partition coefficient (Wildman–Crippen LogP) is 3.83. The second kappa shape index (κ2) is 7.72. The summed E-state index contributed by atoms with van der Waals surface area (Å²) in [6.45, 7) is 5.80. The molecule has 0 saturated carbocycles. The van der Waals surface area contributed by atoms with E-state index in [0.717, 1.165) is 12.8 Å². The Morgan fingerprint density at radius 2 is 2.22 bits per heavy atom. The molecule has 5 nitrogen and oxygen atoms in total. The van der Waals surface area contributed by atoms with Gasteiger partial charge in [0.25, 0.3) is 0 Å². The number of urea groups is 1. The third kappa shape index (κ3) is 3.86. The van der Waals surface area contributed by atoms with Crippen LogP contribution in [0.25, 0.3) is 0 Å². The highest BCUT2D eigenvalue weighted by Crippen LogP contribution is 2.30. The molecular weight excluding hydrogens is 292 g/mol. The van der Waals surface area contributed by atoms with E-state index < -0.39 is 0 Å². The van der Waals surface area contributed by atoms with Crippen LogP contribution >= 0.6 is 0 Å². The number of benzene rings is 1. The van der Waals surface area contributed by atoms with Crippen molar-refractivity contribution >= 4 is 11.7 Å². The molecule has 23 heavy (non-hydrogen) atoms. The molecule has 0 bridgehead atoms. The molecule has 1 aromatic carbocycles. The molecule has 1 aliphatic rings. The number of rotatable bonds is 5. The topological polar surface area (TPSA) is 50.8 Å². The van der Waals surface area contributed by atoms with Crippen LogP contribution in [-0.2, 0) is 0 Å². The monoisotopic (exact) mass is 316 g/mol. The number of hydrogen-bond donors (Lipinski definition) is 1. The summed E-state index contributed by atoms with van der Waals surface area (Å²) in [6.07, 6.45) is 7.62. The van der Waals surface area contributed by atoms with E-state index in [1.807, 2.05) is 24.0 Å². The normalized spacial score (nSPS) is 20.0. The molecule has 5 heteroatoms. The predicted molar refractivity (Wildman–Crippen MR) is 92.2 cm³/mol. The molecule has 0 radical (unpaired) electrons. The van der Waals surface area contributed by atoms with Crippen LogP contribution in [0.15, 0.2) is 43.0 Å². The Hall–Kier alpha value is -2.43. The van der Waals surface area contributed by atoms with Crippen molar-refractivity contribution < 1.29 is 14.3 Å². The highest BCUT2D eigenvalue weighted by atomic mass is 16.5. The summed E-state index contributed by atoms with van der Waals surface area (Å²) in [5, 5.41) is 2.94. The molecule has 0 spiro atoms. The van der Waals surface area contributed by atoms with Crippen LogP contribution in [0.1, 0.15) is 19.8 Å². The van der Waals surface area contributed by atoms with Gasteiger partial charge in [-0.25, -0.2) is 4.79 Å². The van der Waals surface area contributed by atoms with Crippen LogP contribution in [0.2, 0.25) is 0 Å². The number of nitrogens with zero attached hydrogens (tertiary/aromatic N) is 1. The number of amides is 2. The van der Waals surface area contributed by atoms with Crippen LogP contribution < -0.4 is 14.8 Å². The largest absolute Gasteiger partial charge is 0.497 e. The van der Waals surface area contributed by atoms with Gasteiger partial charge in [-0.05, 0) is 31.9 Å². The molecule has 0 aliphatic carbocycles. The van der Waals surface area contributed by atoms with Crippen LogP contribution in [0.5, 0.6) is 11.5 Å². The Balaban J connectivity index is 2.20. The van der Waals surface area contributed by atoms with Gasteiger partial charge in [-0.15, -0.1) is 6.58 Å². The number of nitrogens with one attached hydrogen (secondary N) is 1. The van der Waals surface area contributed by atoms with Crippen molar-refractivity contribution in [2.45, 2.75) is 31.8 Å². The summed E-state index contributed by atoms with van der Waals surface area (Å²) < 4.78 is 10.5. The Kier molecular flexibility index (Phi) is 5.68. The van der Waals surface area contributed by atoms with Crippen molar-refractivity contribution in [1.82, 2.24) is 4.90 Å². The van der Waals surface area contributed by atoms with Crippen LogP contribution in [-0.4, -0.2) is 37.2 Å². The number of methoxy groups -OCH3 is 2. The van der Waals surface area contributed by atoms with Crippen molar-refractivity contribution in [3.8, 4) is 11.5 Å². The van der Waals surface area contributed by atoms with Gasteiger partial charge in [-0.1, -0.05) is 18.2 Å². The lowest BCUT2D eigenvalue weighted by Gasteiger charge is -2.37. The van der Waals surface area contributed by atoms with E-state index in [2.05, 4.69) is 18.0 Å². The van der Waals surface area contributed by atoms with Crippen LogP contribution in [0, 0.1) is 0 Å². The van der Waals surface area contributed by atoms with E-state index in [0.29, 0.717) is 17.2 Å². The lowest BCUT2D eigenvalue weighted by atomic mass is 10.0. The van der Waals surface area contributed by atoms with Gasteiger partial charge in [0.15, 0.2) is 0 Å². The molecule has 124 valence electrons. The van der Waals surface area contributed by atoms with Gasteiger partial charge in [-0.2, -0.15) is 0 Å². The van der Waals surface area contributed by atoms with E-state index >= 15 is 0 Å². The fraction of sp³-hybridized carbons (Fsp3) is 0.389. The maximum atomic E-state index is 12.7. The minimum absolute atomic E-state index is 0.0398. The summed E-state index contributed by atoms with van der Waals surface area (Å²) in [5.74, 6) is 1.25. The molecule has 2 rings (SSSR count). The number of hydrogen-bond acceptors (Lipinski definition) is 3. The molecule has 0 unspecified atom stereocenters. The molecule has 1 N–H and O–H groups in total. The highest BCUT2D eigenvalue weighted by Gasteiger charge is 2.28. The number of carbonyl (C=O) groups is 1. The summed E-state index contributed by atoms with van der Waals surface area (Å²) in [4.78, 5) is 14.6. The number of carbonyl (C=O) groups excluding carboxylic acids is 1. The molecule has 2 atom stereocenters. The van der Waals surface area contributed by atoms with E-state index in [1.165, 1.54) is 0 Å². The zero-order valence-corrected chi connectivity index (χ0v) is 13.9. The minimum atomic E-state index is -0.142. The van der Waals surface area contributed by atoms with E-state index in [4.69, 9.17) is 9.47 Å². The molecular formula is C18H24N2O3. The van der Waals surface area contributed by atoms with Crippen molar-refractivity contribution in [1.29, 1.82) is 0 Å². The summed E-state index contributed by atoms with van der Waals surface area (Å²) in [7, 11) is 3.16. The van der Waals surface area contributed by atoms with Gasteiger partial charge >= 0.3 is 6.03 Å². The molecule has 1 heterocycles. The quantitative estimate of drug-likeness (QED) is 0.840. The Bertz CT molecular complexity index is 598. The SMILES string of the molecule is C=CC[C@@H]1CC=C[C@@H](C)N1C(=O)Nc1ccc(OC)cc1OC. The van der Waals surface area contributed by atoms with Crippen molar-refractivity contribution in [3.05, 3.63) is 43.0 Å². The van der Waals surface area contributed by atoms with Gasteiger partial charge in [0, 0.05) is 18.2 Å². The maximum Gasteiger partial charge on any atom is 0.322 e. The van der Waals surface area contributed by atoms with Crippen molar-refractivity contribution in [2.75, 3.05) is 19.5 Å². The van der Waals surface area contributed by atoms with Gasteiger partial charge in [0.1, 0.15) is 11.5 Å². The number of anilines is 1. The van der Waals surface area contributed by atoms with E-state index in [9.17, 15) is 4.79 Å². The summed E-state index contributed by atoms with van der Waals surface area (Å²) in [5.41, 5.74) is 0.623. The first-order chi connectivity index (χ1) is 11.1. The summed E-state index contributed by atoms with van der Waals surface area (Å²) >= 11 is 0. The second-order valence-corrected chi connectivity index (χ2v) is 5.49. The van der Waals surface area contributed by atoms with Gasteiger partial charge < -0.3 is 19.7 Å². The standard InChI is InChI=1S/C18H24N2O3/c1-5-7-14-9-6-8-13(2)20(14)18(21)19-16-11-10-15(22-3)12-17(16)23-4/h5-6,8,10-14H,1,7,9H2,2-4H3,(H,19,21)/t13-,14-/m1/s1. The Labute approximate surface area is 137 Å². The number of ether oxygens (including phenoxy) is 2. The van der Waals surface area contributed by atoms with Gasteiger partial charge in [0.2, 0.25) is 0 Å². The maximum absolute atomic E-state index is 12.7. The molecule has 0 saturated heterocycles. The zero-order valence-electron chi connectivity index (χ0n) is 13.9.